The van der Waals surface area contributed by atoms with E-state index < -0.39 is 0 Å². The summed E-state index contributed by atoms with van der Waals surface area (Å²) >= 11 is 0. The van der Waals surface area contributed by atoms with Gasteiger partial charge in [0.2, 0.25) is 0 Å². The van der Waals surface area contributed by atoms with Gasteiger partial charge in [-0.2, -0.15) is 5.10 Å². The zero-order valence-electron chi connectivity index (χ0n) is 11.1. The molecule has 0 spiro atoms. The van der Waals surface area contributed by atoms with Crippen LogP contribution in [0, 0.1) is 6.92 Å². The van der Waals surface area contributed by atoms with Crippen molar-refractivity contribution in [1.29, 1.82) is 0 Å². The fraction of sp³-hybridized carbons (Fsp3) is 0.357. The largest absolute Gasteiger partial charge is 0.494 e. The van der Waals surface area contributed by atoms with Crippen LogP contribution in [0.1, 0.15) is 18.2 Å². The normalized spacial score (nSPS) is 10.6. The average Bonchev–Trinajstić information content (AvgIpc) is 2.85. The molecule has 2 aromatic rings. The maximum absolute atomic E-state index is 5.37. The number of benzene rings is 1. The number of hydrogen-bond donors (Lipinski definition) is 1. The lowest BCUT2D eigenvalue weighted by Crippen LogP contribution is -2.12. The summed E-state index contributed by atoms with van der Waals surface area (Å²) in [4.78, 5) is 0. The highest BCUT2D eigenvalue weighted by atomic mass is 16.5. The van der Waals surface area contributed by atoms with Crippen LogP contribution >= 0.6 is 0 Å². The van der Waals surface area contributed by atoms with Crippen LogP contribution in [0.5, 0.6) is 5.75 Å². The van der Waals surface area contributed by atoms with Crippen molar-refractivity contribution in [1.82, 2.24) is 15.1 Å². The molecule has 18 heavy (non-hydrogen) atoms. The maximum atomic E-state index is 5.37. The second-order valence-corrected chi connectivity index (χ2v) is 4.21. The fourth-order valence-electron chi connectivity index (χ4n) is 1.82. The van der Waals surface area contributed by atoms with E-state index in [4.69, 9.17) is 4.74 Å². The van der Waals surface area contributed by atoms with Gasteiger partial charge in [0.15, 0.2) is 0 Å². The van der Waals surface area contributed by atoms with Crippen molar-refractivity contribution in [3.63, 3.8) is 0 Å². The summed E-state index contributed by atoms with van der Waals surface area (Å²) in [6.45, 7) is 5.88. The molecule has 2 rings (SSSR count). The first-order valence-corrected chi connectivity index (χ1v) is 6.15. The minimum atomic E-state index is 0.789. The Labute approximate surface area is 108 Å². The quantitative estimate of drug-likeness (QED) is 0.878. The third kappa shape index (κ3) is 2.71. The summed E-state index contributed by atoms with van der Waals surface area (Å²) in [5.74, 6) is 0.832. The molecule has 4 nitrogen and oxygen atoms in total. The molecule has 0 aliphatic heterocycles. The Balaban J connectivity index is 2.30. The topological polar surface area (TPSA) is 39.1 Å². The number of aryl methyl sites for hydroxylation is 1. The molecule has 0 radical (unpaired) electrons. The lowest BCUT2D eigenvalue weighted by Gasteiger charge is -2.09. The Morgan fingerprint density at radius 2 is 2.17 bits per heavy atom. The van der Waals surface area contributed by atoms with E-state index in [0.717, 1.165) is 30.2 Å². The standard InChI is InChI=1S/C14H19N3O/c1-4-15-10-12-7-8-17(16-12)13-9-11(2)5-6-14(13)18-3/h5-9,15H,4,10H2,1-3H3. The highest BCUT2D eigenvalue weighted by molar-refractivity contribution is 5.48. The number of rotatable bonds is 5. The van der Waals surface area contributed by atoms with Crippen LogP contribution in [0.2, 0.25) is 0 Å². The monoisotopic (exact) mass is 245 g/mol. The lowest BCUT2D eigenvalue weighted by atomic mass is 10.2. The summed E-state index contributed by atoms with van der Waals surface area (Å²) in [6, 6.07) is 8.09. The van der Waals surface area contributed by atoms with Crippen LogP contribution in [0.15, 0.2) is 30.5 Å². The third-order valence-electron chi connectivity index (χ3n) is 2.78. The minimum Gasteiger partial charge on any atom is -0.494 e. The summed E-state index contributed by atoms with van der Waals surface area (Å²) in [7, 11) is 1.68. The zero-order chi connectivity index (χ0) is 13.0. The van der Waals surface area contributed by atoms with Gasteiger partial charge in [-0.1, -0.05) is 13.0 Å². The van der Waals surface area contributed by atoms with Crippen molar-refractivity contribution in [2.24, 2.45) is 0 Å². The number of methoxy groups -OCH3 is 1. The molecule has 0 fully saturated rings. The second-order valence-electron chi connectivity index (χ2n) is 4.21. The molecule has 0 aliphatic rings. The van der Waals surface area contributed by atoms with Crippen molar-refractivity contribution in [2.75, 3.05) is 13.7 Å². The highest BCUT2D eigenvalue weighted by Gasteiger charge is 2.07. The van der Waals surface area contributed by atoms with Gasteiger partial charge in [0.05, 0.1) is 12.8 Å². The van der Waals surface area contributed by atoms with E-state index in [1.165, 1.54) is 5.56 Å². The van der Waals surface area contributed by atoms with Crippen LogP contribution < -0.4 is 10.1 Å². The third-order valence-corrected chi connectivity index (χ3v) is 2.78. The molecule has 0 bridgehead atoms. The van der Waals surface area contributed by atoms with Crippen molar-refractivity contribution in [3.05, 3.63) is 41.7 Å². The van der Waals surface area contributed by atoms with Crippen LogP contribution in [0.3, 0.4) is 0 Å². The Hall–Kier alpha value is -1.81. The van der Waals surface area contributed by atoms with Crippen LogP contribution in [-0.4, -0.2) is 23.4 Å². The minimum absolute atomic E-state index is 0.789. The summed E-state index contributed by atoms with van der Waals surface area (Å²) in [5.41, 5.74) is 3.19. The van der Waals surface area contributed by atoms with Gasteiger partial charge in [0.1, 0.15) is 11.4 Å². The molecule has 96 valence electrons. The Kier molecular flexibility index (Phi) is 3.99. The van der Waals surface area contributed by atoms with E-state index in [0.29, 0.717) is 0 Å². The van der Waals surface area contributed by atoms with Crippen molar-refractivity contribution in [3.8, 4) is 11.4 Å². The molecule has 1 aromatic heterocycles. The Morgan fingerprint density at radius 1 is 1.33 bits per heavy atom. The number of nitrogens with one attached hydrogen (secondary N) is 1. The number of ether oxygens (including phenoxy) is 1. The second kappa shape index (κ2) is 5.69. The number of nitrogens with zero attached hydrogens (tertiary/aromatic N) is 2. The summed E-state index contributed by atoms with van der Waals surface area (Å²) in [5, 5.41) is 7.80. The molecular weight excluding hydrogens is 226 g/mol. The van der Waals surface area contributed by atoms with Gasteiger partial charge in [-0.05, 0) is 37.2 Å². The van der Waals surface area contributed by atoms with Crippen LogP contribution in [0.4, 0.5) is 0 Å². The van der Waals surface area contributed by atoms with E-state index in [1.54, 1.807) is 7.11 Å². The van der Waals surface area contributed by atoms with Crippen molar-refractivity contribution < 1.29 is 4.74 Å². The maximum Gasteiger partial charge on any atom is 0.144 e. The van der Waals surface area contributed by atoms with Crippen LogP contribution in [-0.2, 0) is 6.54 Å². The van der Waals surface area contributed by atoms with Gasteiger partial charge in [-0.15, -0.1) is 0 Å². The predicted molar refractivity (Wildman–Crippen MR) is 72.2 cm³/mol. The summed E-state index contributed by atoms with van der Waals surface area (Å²) in [6.07, 6.45) is 1.96. The van der Waals surface area contributed by atoms with Gasteiger partial charge in [0.25, 0.3) is 0 Å². The molecule has 0 aliphatic carbocycles. The number of aromatic nitrogens is 2. The first-order valence-electron chi connectivity index (χ1n) is 6.15. The molecule has 4 heteroatoms. The average molecular weight is 245 g/mol. The SMILES string of the molecule is CCNCc1ccn(-c2cc(C)ccc2OC)n1. The molecule has 0 atom stereocenters. The van der Waals surface area contributed by atoms with E-state index in [2.05, 4.69) is 30.3 Å². The van der Waals surface area contributed by atoms with E-state index in [1.807, 2.05) is 29.1 Å². The van der Waals surface area contributed by atoms with E-state index in [-0.39, 0.29) is 0 Å². The number of hydrogen-bond acceptors (Lipinski definition) is 3. The smallest absolute Gasteiger partial charge is 0.144 e. The Morgan fingerprint density at radius 3 is 2.89 bits per heavy atom. The van der Waals surface area contributed by atoms with Gasteiger partial charge in [0, 0.05) is 12.7 Å². The molecule has 1 aromatic carbocycles. The van der Waals surface area contributed by atoms with Gasteiger partial charge in [-0.3, -0.25) is 0 Å². The predicted octanol–water partition coefficient (Wildman–Crippen LogP) is 2.30. The van der Waals surface area contributed by atoms with Crippen LogP contribution in [0.25, 0.3) is 5.69 Å². The van der Waals surface area contributed by atoms with Gasteiger partial charge < -0.3 is 10.1 Å². The molecule has 0 unspecified atom stereocenters. The van der Waals surface area contributed by atoms with E-state index >= 15 is 0 Å². The molecule has 0 saturated carbocycles. The van der Waals surface area contributed by atoms with Crippen molar-refractivity contribution >= 4 is 0 Å². The Bertz CT molecular complexity index is 520. The van der Waals surface area contributed by atoms with Gasteiger partial charge in [-0.25, -0.2) is 4.68 Å². The molecular formula is C14H19N3O. The zero-order valence-corrected chi connectivity index (χ0v) is 11.1. The molecule has 0 saturated heterocycles. The lowest BCUT2D eigenvalue weighted by molar-refractivity contribution is 0.411. The summed E-state index contributed by atoms with van der Waals surface area (Å²) < 4.78 is 7.23. The highest BCUT2D eigenvalue weighted by Crippen LogP contribution is 2.23. The molecule has 0 amide bonds. The van der Waals surface area contributed by atoms with Gasteiger partial charge >= 0.3 is 0 Å². The first-order chi connectivity index (χ1) is 8.74. The van der Waals surface area contributed by atoms with E-state index in [9.17, 15) is 0 Å². The molecule has 1 N–H and O–H groups in total. The first kappa shape index (κ1) is 12.6. The molecule has 1 heterocycles. The fourth-order valence-corrected chi connectivity index (χ4v) is 1.82. The van der Waals surface area contributed by atoms with Crippen molar-refractivity contribution in [2.45, 2.75) is 20.4 Å².